The average Bonchev–Trinajstić information content (AvgIpc) is 2.61. The fraction of sp³-hybridized carbons (Fsp3) is 0.667. The largest absolute Gasteiger partial charge is 0.379 e. The van der Waals surface area contributed by atoms with Crippen molar-refractivity contribution in [1.82, 2.24) is 4.57 Å². The van der Waals surface area contributed by atoms with Crippen molar-refractivity contribution in [2.24, 2.45) is 7.05 Å². The number of hydrogen-bond donors (Lipinski definition) is 0. The summed E-state index contributed by atoms with van der Waals surface area (Å²) >= 11 is 0. The van der Waals surface area contributed by atoms with Crippen molar-refractivity contribution in [3.05, 3.63) is 18.7 Å². The van der Waals surface area contributed by atoms with Gasteiger partial charge in [-0.25, -0.2) is 9.13 Å². The first kappa shape index (κ1) is 23.7. The summed E-state index contributed by atoms with van der Waals surface area (Å²) in [5.74, 6) is 0. The molecule has 20 heavy (non-hydrogen) atoms. The topological polar surface area (TPSA) is 8.81 Å². The van der Waals surface area contributed by atoms with Gasteiger partial charge in [0.15, 0.2) is 0 Å². The van der Waals surface area contributed by atoms with Gasteiger partial charge in [-0.3, -0.25) is 0 Å². The number of nitrogens with zero attached hydrogens (tertiary/aromatic N) is 2. The molecule has 0 bridgehead atoms. The second-order valence-electron chi connectivity index (χ2n) is 2.65. The molecule has 1 aromatic rings. The molecule has 0 spiro atoms. The Morgan fingerprint density at radius 2 is 1.15 bits per heavy atom. The van der Waals surface area contributed by atoms with Gasteiger partial charge in [0.2, 0.25) is 6.33 Å². The second-order valence-corrected chi connectivity index (χ2v) is 2.65. The summed E-state index contributed by atoms with van der Waals surface area (Å²) in [4.78, 5) is 0. The Balaban J connectivity index is -0.000000209. The molecule has 0 radical (unpaired) electrons. The number of halogens is 9. The van der Waals surface area contributed by atoms with Crippen LogP contribution in [0.15, 0.2) is 18.7 Å². The van der Waals surface area contributed by atoms with E-state index in [2.05, 4.69) is 24.0 Å². The summed E-state index contributed by atoms with van der Waals surface area (Å²) in [7, 11) is 2.02. The lowest BCUT2D eigenvalue weighted by Crippen LogP contribution is -2.23. The molecular weight excluding hydrogens is 307 g/mol. The molecule has 0 aliphatic heterocycles. The van der Waals surface area contributed by atoms with Crippen LogP contribution in [0.5, 0.6) is 0 Å². The quantitative estimate of drug-likeness (QED) is 0.548. The molecule has 122 valence electrons. The Kier molecular flexibility index (Phi) is 18.5. The lowest BCUT2D eigenvalue weighted by Gasteiger charge is -1.81. The summed E-state index contributed by atoms with van der Waals surface area (Å²) in [6.45, 7) is -7.82. The maximum Gasteiger partial charge on any atom is 0.379 e. The SMILES string of the molecule is CCn1cc[n+](C)c1.FC(F)F.FC(F)F.FC(F)F. The second kappa shape index (κ2) is 15.6. The third-order valence-corrected chi connectivity index (χ3v) is 1.19. The summed E-state index contributed by atoms with van der Waals surface area (Å²) < 4.78 is 91.2. The molecule has 1 rings (SSSR count). The lowest BCUT2D eigenvalue weighted by molar-refractivity contribution is -0.671. The van der Waals surface area contributed by atoms with Gasteiger partial charge in [-0.05, 0) is 6.92 Å². The minimum absolute atomic E-state index is 1.06. The number of hydrogen-bond acceptors (Lipinski definition) is 0. The number of imidazole rings is 1. The van der Waals surface area contributed by atoms with E-state index in [9.17, 15) is 39.5 Å². The highest BCUT2D eigenvalue weighted by molar-refractivity contribution is 4.63. The van der Waals surface area contributed by atoms with Crippen LogP contribution in [0.25, 0.3) is 0 Å². The van der Waals surface area contributed by atoms with E-state index < -0.39 is 20.0 Å². The highest BCUT2D eigenvalue weighted by Crippen LogP contribution is 1.88. The molecule has 0 aliphatic carbocycles. The first-order valence-electron chi connectivity index (χ1n) is 4.80. The van der Waals surface area contributed by atoms with Crippen molar-refractivity contribution in [2.75, 3.05) is 0 Å². The minimum atomic E-state index is -3.67. The average molecular weight is 321 g/mol. The van der Waals surface area contributed by atoms with Crippen LogP contribution >= 0.6 is 0 Å². The molecule has 11 heteroatoms. The van der Waals surface area contributed by atoms with Crippen molar-refractivity contribution in [3.8, 4) is 0 Å². The predicted molar refractivity (Wildman–Crippen MR) is 52.6 cm³/mol. The van der Waals surface area contributed by atoms with Crippen molar-refractivity contribution < 1.29 is 44.1 Å². The zero-order chi connectivity index (χ0) is 16.7. The first-order chi connectivity index (χ1) is 9.02. The Bertz CT molecular complexity index is 268. The Morgan fingerprint density at radius 3 is 1.25 bits per heavy atom. The van der Waals surface area contributed by atoms with Crippen LogP contribution in [0.1, 0.15) is 6.92 Å². The van der Waals surface area contributed by atoms with Gasteiger partial charge in [-0.15, -0.1) is 0 Å². The molecule has 0 saturated heterocycles. The van der Waals surface area contributed by atoms with E-state index in [4.69, 9.17) is 0 Å². The molecule has 0 atom stereocenters. The Morgan fingerprint density at radius 1 is 0.850 bits per heavy atom. The van der Waals surface area contributed by atoms with Crippen molar-refractivity contribution >= 4 is 0 Å². The maximum atomic E-state index is 9.67. The van der Waals surface area contributed by atoms with Gasteiger partial charge in [0.25, 0.3) is 0 Å². The zero-order valence-electron chi connectivity index (χ0n) is 10.5. The van der Waals surface area contributed by atoms with E-state index in [1.54, 1.807) is 0 Å². The van der Waals surface area contributed by atoms with E-state index >= 15 is 0 Å². The molecule has 1 aromatic heterocycles. The number of aryl methyl sites for hydroxylation is 2. The summed E-state index contributed by atoms with van der Waals surface area (Å²) in [6, 6.07) is 0. The lowest BCUT2D eigenvalue weighted by atomic mass is 10.7. The highest BCUT2D eigenvalue weighted by Gasteiger charge is 1.92. The van der Waals surface area contributed by atoms with Gasteiger partial charge in [0, 0.05) is 0 Å². The molecule has 0 N–H and O–H groups in total. The van der Waals surface area contributed by atoms with Gasteiger partial charge in [0.1, 0.15) is 12.4 Å². The molecule has 2 nitrogen and oxygen atoms in total. The van der Waals surface area contributed by atoms with E-state index in [1.807, 2.05) is 17.8 Å². The molecule has 0 aliphatic rings. The van der Waals surface area contributed by atoms with Crippen LogP contribution < -0.4 is 4.57 Å². The Hall–Kier alpha value is -1.42. The fourth-order valence-electron chi connectivity index (χ4n) is 0.689. The van der Waals surface area contributed by atoms with E-state index in [-0.39, 0.29) is 0 Å². The van der Waals surface area contributed by atoms with Crippen molar-refractivity contribution in [3.63, 3.8) is 0 Å². The third-order valence-electron chi connectivity index (χ3n) is 1.19. The number of alkyl halides is 9. The summed E-state index contributed by atoms with van der Waals surface area (Å²) in [6.07, 6.45) is 6.14. The highest BCUT2D eigenvalue weighted by atomic mass is 19.4. The van der Waals surface area contributed by atoms with Crippen molar-refractivity contribution in [1.29, 1.82) is 0 Å². The molecular formula is C9H14F9N2+. The molecule has 0 unspecified atom stereocenters. The van der Waals surface area contributed by atoms with Crippen LogP contribution in [0.3, 0.4) is 0 Å². The van der Waals surface area contributed by atoms with E-state index in [1.165, 1.54) is 0 Å². The van der Waals surface area contributed by atoms with Gasteiger partial charge in [-0.2, -0.15) is 39.5 Å². The van der Waals surface area contributed by atoms with E-state index in [0.717, 1.165) is 6.54 Å². The van der Waals surface area contributed by atoms with Crippen LogP contribution in [0, 0.1) is 0 Å². The molecule has 0 saturated carbocycles. The molecule has 0 aromatic carbocycles. The maximum absolute atomic E-state index is 9.67. The molecule has 0 fully saturated rings. The van der Waals surface area contributed by atoms with Gasteiger partial charge < -0.3 is 0 Å². The standard InChI is InChI=1S/C6H11N2.3CHF3/c1-3-8-5-4-7(2)6-8;3*2-1(3)4/h4-6H,3H2,1-2H3;3*1H/q+1;;;. The smallest absolute Gasteiger partial charge is 0.240 e. The van der Waals surface area contributed by atoms with E-state index in [0.29, 0.717) is 0 Å². The summed E-state index contributed by atoms with van der Waals surface area (Å²) in [5, 5.41) is 0. The number of aromatic nitrogens is 2. The van der Waals surface area contributed by atoms with Gasteiger partial charge in [0.05, 0.1) is 13.6 Å². The monoisotopic (exact) mass is 321 g/mol. The fourth-order valence-corrected chi connectivity index (χ4v) is 0.689. The third kappa shape index (κ3) is 43.9. The molecule has 0 amide bonds. The first-order valence-corrected chi connectivity index (χ1v) is 4.80. The van der Waals surface area contributed by atoms with Crippen molar-refractivity contribution in [2.45, 2.75) is 33.5 Å². The number of rotatable bonds is 1. The van der Waals surface area contributed by atoms with Crippen LogP contribution in [0.2, 0.25) is 0 Å². The summed E-state index contributed by atoms with van der Waals surface area (Å²) in [5.41, 5.74) is 0. The van der Waals surface area contributed by atoms with Gasteiger partial charge >= 0.3 is 20.0 Å². The normalized spacial score (nSPS) is 9.30. The molecule has 1 heterocycles. The van der Waals surface area contributed by atoms with Gasteiger partial charge in [-0.1, -0.05) is 0 Å². The predicted octanol–water partition coefficient (Wildman–Crippen LogP) is 3.87. The Labute approximate surface area is 109 Å². The van der Waals surface area contributed by atoms with Crippen LogP contribution in [-0.4, -0.2) is 24.6 Å². The minimum Gasteiger partial charge on any atom is -0.240 e. The van der Waals surface area contributed by atoms with Crippen LogP contribution in [0.4, 0.5) is 39.5 Å². The zero-order valence-corrected chi connectivity index (χ0v) is 10.5. The van der Waals surface area contributed by atoms with Crippen LogP contribution in [-0.2, 0) is 13.6 Å².